The monoisotopic (exact) mass is 178 g/mol. The summed E-state index contributed by atoms with van der Waals surface area (Å²) in [5.74, 6) is 0. The molecule has 0 rings (SSSR count). The van der Waals surface area contributed by atoms with E-state index in [0.717, 1.165) is 0 Å². The normalized spacial score (nSPS) is 7.92. The summed E-state index contributed by atoms with van der Waals surface area (Å²) in [6.07, 6.45) is 0. The molecule has 7 heteroatoms. The summed E-state index contributed by atoms with van der Waals surface area (Å²) in [5.41, 5.74) is 0. The van der Waals surface area contributed by atoms with Crippen molar-refractivity contribution in [3.63, 3.8) is 0 Å². The lowest BCUT2D eigenvalue weighted by Crippen LogP contribution is -2.33. The van der Waals surface area contributed by atoms with Gasteiger partial charge in [-0.1, -0.05) is 0 Å². The third kappa shape index (κ3) is 11.9. The van der Waals surface area contributed by atoms with Crippen LogP contribution in [0.4, 0.5) is 4.79 Å². The van der Waals surface area contributed by atoms with E-state index in [-0.39, 0.29) is 6.03 Å². The molecule has 0 saturated heterocycles. The number of carbonyl (C=O) groups excluding carboxylic acids is 1. The first kappa shape index (κ1) is 13.8. The fourth-order valence-corrected chi connectivity index (χ4v) is 0.400. The minimum Gasteiger partial charge on any atom is -0.402 e. The van der Waals surface area contributed by atoms with E-state index < -0.39 is 7.32 Å². The third-order valence-electron chi connectivity index (χ3n) is 0.765. The van der Waals surface area contributed by atoms with Crippen LogP contribution >= 0.6 is 0 Å². The van der Waals surface area contributed by atoms with Gasteiger partial charge in [0.25, 0.3) is 0 Å². The van der Waals surface area contributed by atoms with Crippen molar-refractivity contribution in [3.8, 4) is 0 Å². The largest absolute Gasteiger partial charge is 0.631 e. The smallest absolute Gasteiger partial charge is 0.402 e. The van der Waals surface area contributed by atoms with E-state index in [1.54, 1.807) is 28.2 Å². The number of hydrogen-bond donors (Lipinski definition) is 3. The van der Waals surface area contributed by atoms with Crippen LogP contribution in [0.1, 0.15) is 0 Å². The van der Waals surface area contributed by atoms with Gasteiger partial charge in [0.15, 0.2) is 0 Å². The Hall–Kier alpha value is -0.785. The highest BCUT2D eigenvalue weighted by Gasteiger charge is 2.02. The van der Waals surface area contributed by atoms with Gasteiger partial charge in [0, 0.05) is 28.2 Å². The molecule has 0 aliphatic carbocycles. The summed E-state index contributed by atoms with van der Waals surface area (Å²) in [5, 5.41) is 21.5. The van der Waals surface area contributed by atoms with Gasteiger partial charge in [-0.2, -0.15) is 0 Å². The van der Waals surface area contributed by atoms with Crippen molar-refractivity contribution in [3.05, 3.63) is 0 Å². The summed E-state index contributed by atoms with van der Waals surface area (Å²) >= 11 is 0. The highest BCUT2D eigenvalue weighted by Crippen LogP contribution is 1.83. The second-order valence-corrected chi connectivity index (χ2v) is 2.42. The molecule has 0 spiro atoms. The molecule has 0 atom stereocenters. The van der Waals surface area contributed by atoms with Crippen LogP contribution in [-0.4, -0.2) is 66.4 Å². The van der Waals surface area contributed by atoms with E-state index in [1.165, 1.54) is 9.80 Å². The molecule has 0 aromatic rings. The second-order valence-electron chi connectivity index (χ2n) is 2.42. The Morgan fingerprint density at radius 3 is 1.17 bits per heavy atom. The predicted molar refractivity (Wildman–Crippen MR) is 45.2 cm³/mol. The van der Waals surface area contributed by atoms with Crippen molar-refractivity contribution < 1.29 is 19.9 Å². The molecule has 0 saturated carbocycles. The number of urea groups is 1. The highest BCUT2D eigenvalue weighted by atomic mass is 16.5. The van der Waals surface area contributed by atoms with Gasteiger partial charge in [-0.15, -0.1) is 0 Å². The Morgan fingerprint density at radius 1 is 1.00 bits per heavy atom. The lowest BCUT2D eigenvalue weighted by Gasteiger charge is -2.16. The minimum absolute atomic E-state index is 0.0185. The molecule has 0 heterocycles. The topological polar surface area (TPSA) is 84.2 Å². The average Bonchev–Trinajstić information content (AvgIpc) is 1.84. The fraction of sp³-hybridized carbons (Fsp3) is 0.800. The molecule has 72 valence electrons. The first-order valence-electron chi connectivity index (χ1n) is 3.21. The summed E-state index contributed by atoms with van der Waals surface area (Å²) in [6.45, 7) is 0. The van der Waals surface area contributed by atoms with E-state index in [2.05, 4.69) is 0 Å². The van der Waals surface area contributed by atoms with Crippen LogP contribution in [0.5, 0.6) is 0 Å². The zero-order chi connectivity index (χ0) is 10.3. The Morgan fingerprint density at radius 2 is 1.17 bits per heavy atom. The summed E-state index contributed by atoms with van der Waals surface area (Å²) in [4.78, 5) is 13.8. The van der Waals surface area contributed by atoms with E-state index in [1.807, 2.05) is 0 Å². The van der Waals surface area contributed by atoms with Crippen LogP contribution in [-0.2, 0) is 0 Å². The van der Waals surface area contributed by atoms with Crippen molar-refractivity contribution >= 4 is 13.4 Å². The fourth-order valence-electron chi connectivity index (χ4n) is 0.400. The molecule has 0 fully saturated rings. The Labute approximate surface area is 72.2 Å². The summed E-state index contributed by atoms with van der Waals surface area (Å²) in [6, 6.07) is 0.0185. The lowest BCUT2D eigenvalue weighted by atomic mass is 10.3. The summed E-state index contributed by atoms with van der Waals surface area (Å²) < 4.78 is 0. The van der Waals surface area contributed by atoms with Crippen LogP contribution in [0.25, 0.3) is 0 Å². The minimum atomic E-state index is -2.17. The summed E-state index contributed by atoms with van der Waals surface area (Å²) in [7, 11) is 4.73. The number of nitrogens with zero attached hydrogens (tertiary/aromatic N) is 2. The maximum Gasteiger partial charge on any atom is 0.631 e. The molecule has 0 aliphatic heterocycles. The van der Waals surface area contributed by atoms with Gasteiger partial charge in [0.1, 0.15) is 0 Å². The maximum atomic E-state index is 10.7. The van der Waals surface area contributed by atoms with Crippen molar-refractivity contribution in [2.45, 2.75) is 0 Å². The number of carbonyl (C=O) groups is 1. The molecule has 6 nitrogen and oxygen atoms in total. The Bertz CT molecular complexity index is 116. The Kier molecular flexibility index (Phi) is 7.92. The van der Waals surface area contributed by atoms with E-state index in [0.29, 0.717) is 0 Å². The molecule has 0 aromatic carbocycles. The van der Waals surface area contributed by atoms with Gasteiger partial charge < -0.3 is 24.9 Å². The third-order valence-corrected chi connectivity index (χ3v) is 0.765. The highest BCUT2D eigenvalue weighted by molar-refractivity contribution is 6.30. The van der Waals surface area contributed by atoms with Crippen molar-refractivity contribution in [1.29, 1.82) is 0 Å². The SMILES string of the molecule is CN(C)C(=O)N(C)C.OB(O)O. The molecular weight excluding hydrogens is 163 g/mol. The van der Waals surface area contributed by atoms with E-state index >= 15 is 0 Å². The van der Waals surface area contributed by atoms with Gasteiger partial charge in [-0.3, -0.25) is 0 Å². The molecule has 0 radical (unpaired) electrons. The molecule has 0 unspecified atom stereocenters. The van der Waals surface area contributed by atoms with Gasteiger partial charge >= 0.3 is 13.4 Å². The van der Waals surface area contributed by atoms with Crippen LogP contribution in [0, 0.1) is 0 Å². The molecule has 0 aliphatic rings. The molecule has 0 bridgehead atoms. The molecular formula is C5H15BN2O4. The second kappa shape index (κ2) is 6.90. The molecule has 3 N–H and O–H groups in total. The van der Waals surface area contributed by atoms with E-state index in [9.17, 15) is 4.79 Å². The van der Waals surface area contributed by atoms with Crippen molar-refractivity contribution in [1.82, 2.24) is 9.80 Å². The Balaban J connectivity index is 0. The number of rotatable bonds is 0. The predicted octanol–water partition coefficient (Wildman–Crippen LogP) is -1.82. The van der Waals surface area contributed by atoms with Gasteiger partial charge in [0.2, 0.25) is 0 Å². The van der Waals surface area contributed by atoms with Crippen LogP contribution in [0.15, 0.2) is 0 Å². The number of hydrogen-bond acceptors (Lipinski definition) is 4. The van der Waals surface area contributed by atoms with E-state index in [4.69, 9.17) is 15.1 Å². The van der Waals surface area contributed by atoms with Gasteiger partial charge in [0.05, 0.1) is 0 Å². The van der Waals surface area contributed by atoms with Crippen molar-refractivity contribution in [2.24, 2.45) is 0 Å². The van der Waals surface area contributed by atoms with Gasteiger partial charge in [-0.05, 0) is 0 Å². The molecule has 12 heavy (non-hydrogen) atoms. The number of amides is 2. The van der Waals surface area contributed by atoms with Crippen LogP contribution in [0.2, 0.25) is 0 Å². The van der Waals surface area contributed by atoms with Crippen LogP contribution in [0.3, 0.4) is 0 Å². The zero-order valence-corrected chi connectivity index (χ0v) is 7.72. The van der Waals surface area contributed by atoms with Crippen molar-refractivity contribution in [2.75, 3.05) is 28.2 Å². The average molecular weight is 178 g/mol. The maximum absolute atomic E-state index is 10.7. The molecule has 2 amide bonds. The molecule has 0 aromatic heterocycles. The first-order valence-corrected chi connectivity index (χ1v) is 3.21. The first-order chi connectivity index (χ1) is 5.29. The standard InChI is InChI=1S/C5H12N2O.BH3O3/c1-6(2)5(8)7(3)4;2-1(3)4/h1-4H3;2-4H. The zero-order valence-electron chi connectivity index (χ0n) is 7.72. The van der Waals surface area contributed by atoms with Gasteiger partial charge in [-0.25, -0.2) is 4.79 Å². The quantitative estimate of drug-likeness (QED) is 0.381. The lowest BCUT2D eigenvalue weighted by molar-refractivity contribution is 0.191. The van der Waals surface area contributed by atoms with Crippen LogP contribution < -0.4 is 0 Å².